The largest absolute Gasteiger partial charge is 0.407 e. The van der Waals surface area contributed by atoms with E-state index in [0.717, 1.165) is 0 Å². The summed E-state index contributed by atoms with van der Waals surface area (Å²) in [5.74, 6) is 0.251. The highest BCUT2D eigenvalue weighted by Gasteiger charge is 2.54. The highest BCUT2D eigenvalue weighted by molar-refractivity contribution is 7.00. The molecule has 0 aliphatic heterocycles. The molecule has 1 fully saturated rings. The van der Waals surface area contributed by atoms with E-state index in [1.807, 2.05) is 0 Å². The number of rotatable bonds is 10. The summed E-state index contributed by atoms with van der Waals surface area (Å²) in [6.07, 6.45) is 0.549. The molecule has 2 unspecified atom stereocenters. The smallest absolute Gasteiger partial charge is 0.261 e. The zero-order chi connectivity index (χ0) is 30.7. The summed E-state index contributed by atoms with van der Waals surface area (Å²) in [5.41, 5.74) is 0. The van der Waals surface area contributed by atoms with Crippen LogP contribution in [0.1, 0.15) is 48.0 Å². The summed E-state index contributed by atoms with van der Waals surface area (Å²) in [6, 6.07) is 42.8. The molecule has 224 valence electrons. The van der Waals surface area contributed by atoms with Crippen LogP contribution in [0.25, 0.3) is 0 Å². The molecule has 0 saturated heterocycles. The van der Waals surface area contributed by atoms with Gasteiger partial charge in [0.1, 0.15) is 5.78 Å². The monoisotopic (exact) mass is 606 g/mol. The third-order valence-electron chi connectivity index (χ3n) is 9.27. The Labute approximate surface area is 260 Å². The van der Waals surface area contributed by atoms with E-state index >= 15 is 0 Å². The molecule has 1 saturated carbocycles. The average Bonchev–Trinajstić information content (AvgIpc) is 2.99. The average molecular weight is 607 g/mol. The highest BCUT2D eigenvalue weighted by atomic mass is 28.4. The van der Waals surface area contributed by atoms with E-state index in [1.54, 1.807) is 0 Å². The number of carbonyl (C=O) groups is 1. The zero-order valence-corrected chi connectivity index (χ0v) is 28.5. The lowest BCUT2D eigenvalue weighted by Gasteiger charge is -2.47. The normalized spacial score (nSPS) is 17.9. The topological polar surface area (TPSA) is 35.5 Å². The van der Waals surface area contributed by atoms with Crippen molar-refractivity contribution in [2.24, 2.45) is 11.8 Å². The summed E-state index contributed by atoms with van der Waals surface area (Å²) in [4.78, 5) is 13.2. The number of hydrogen-bond acceptors (Lipinski definition) is 3. The van der Waals surface area contributed by atoms with Gasteiger partial charge in [-0.1, -0.05) is 163 Å². The van der Waals surface area contributed by atoms with Gasteiger partial charge in [0.25, 0.3) is 16.6 Å². The van der Waals surface area contributed by atoms with Crippen molar-refractivity contribution in [3.63, 3.8) is 0 Å². The summed E-state index contributed by atoms with van der Waals surface area (Å²) >= 11 is 0. The number of ketones is 1. The van der Waals surface area contributed by atoms with Gasteiger partial charge in [-0.25, -0.2) is 0 Å². The van der Waals surface area contributed by atoms with Crippen LogP contribution in [-0.2, 0) is 13.6 Å². The predicted octanol–water partition coefficient (Wildman–Crippen LogP) is 6.34. The fourth-order valence-corrected chi connectivity index (χ4v) is 16.2. The minimum atomic E-state index is -2.73. The van der Waals surface area contributed by atoms with E-state index in [-0.39, 0.29) is 27.7 Å². The Morgan fingerprint density at radius 3 is 1.12 bits per heavy atom. The van der Waals surface area contributed by atoms with Gasteiger partial charge in [0.15, 0.2) is 0 Å². The first kappa shape index (κ1) is 31.3. The van der Waals surface area contributed by atoms with Crippen LogP contribution in [0.5, 0.6) is 0 Å². The molecule has 4 aromatic rings. The quantitative estimate of drug-likeness (QED) is 0.198. The van der Waals surface area contributed by atoms with Gasteiger partial charge in [0.2, 0.25) is 0 Å². The predicted molar refractivity (Wildman–Crippen MR) is 184 cm³/mol. The summed E-state index contributed by atoms with van der Waals surface area (Å²) in [5, 5.41) is 4.76. The Morgan fingerprint density at radius 2 is 0.837 bits per heavy atom. The van der Waals surface area contributed by atoms with Gasteiger partial charge in [-0.15, -0.1) is 0 Å². The molecule has 5 rings (SSSR count). The van der Waals surface area contributed by atoms with Gasteiger partial charge in [0.05, 0.1) is 0 Å². The lowest BCUT2D eigenvalue weighted by Crippen LogP contribution is -2.68. The summed E-state index contributed by atoms with van der Waals surface area (Å²) in [6.45, 7) is 14.7. The first-order chi connectivity index (χ1) is 20.5. The molecule has 5 heteroatoms. The van der Waals surface area contributed by atoms with Crippen LogP contribution in [0, 0.1) is 11.8 Å². The molecule has 2 atom stereocenters. The molecule has 0 radical (unpaired) electrons. The first-order valence-corrected chi connectivity index (χ1v) is 19.3. The van der Waals surface area contributed by atoms with E-state index < -0.39 is 16.6 Å². The van der Waals surface area contributed by atoms with Crippen LogP contribution in [0.15, 0.2) is 121 Å². The minimum Gasteiger partial charge on any atom is -0.407 e. The van der Waals surface area contributed by atoms with Gasteiger partial charge in [-0.3, -0.25) is 4.79 Å². The zero-order valence-electron chi connectivity index (χ0n) is 26.5. The molecule has 0 aromatic heterocycles. The Hall–Kier alpha value is -3.10. The van der Waals surface area contributed by atoms with E-state index in [4.69, 9.17) is 8.85 Å². The molecule has 0 bridgehead atoms. The van der Waals surface area contributed by atoms with Crippen molar-refractivity contribution in [1.29, 1.82) is 0 Å². The maximum Gasteiger partial charge on any atom is 0.261 e. The Kier molecular flexibility index (Phi) is 9.10. The molecule has 3 nitrogen and oxygen atoms in total. The molecule has 0 spiro atoms. The third-order valence-corrected chi connectivity index (χ3v) is 19.3. The van der Waals surface area contributed by atoms with Crippen molar-refractivity contribution >= 4 is 43.2 Å². The van der Waals surface area contributed by atoms with Crippen molar-refractivity contribution < 1.29 is 13.6 Å². The number of hydrogen-bond donors (Lipinski definition) is 0. The fourth-order valence-electron chi connectivity index (χ4n) is 7.03. The van der Waals surface area contributed by atoms with Crippen LogP contribution in [0.3, 0.4) is 0 Å². The fraction of sp³-hybridized carbons (Fsp3) is 0.342. The van der Waals surface area contributed by atoms with Gasteiger partial charge in [-0.05, 0) is 36.7 Å². The van der Waals surface area contributed by atoms with E-state index in [1.165, 1.54) is 20.7 Å². The van der Waals surface area contributed by atoms with Crippen molar-refractivity contribution in [3.05, 3.63) is 121 Å². The summed E-state index contributed by atoms with van der Waals surface area (Å²) < 4.78 is 14.5. The molecule has 4 aromatic carbocycles. The van der Waals surface area contributed by atoms with E-state index in [9.17, 15) is 4.79 Å². The van der Waals surface area contributed by atoms with Crippen LogP contribution in [0.2, 0.25) is 10.1 Å². The van der Waals surface area contributed by atoms with Crippen LogP contribution in [-0.4, -0.2) is 35.6 Å². The Balaban J connectivity index is 1.45. The number of carbonyl (C=O) groups excluding carboxylic acids is 1. The Bertz CT molecular complexity index is 1400. The first-order valence-electron chi connectivity index (χ1n) is 15.5. The van der Waals surface area contributed by atoms with E-state index in [0.29, 0.717) is 19.6 Å². The van der Waals surface area contributed by atoms with Crippen LogP contribution in [0.4, 0.5) is 0 Å². The molecular weight excluding hydrogens is 561 g/mol. The maximum absolute atomic E-state index is 13.2. The SMILES string of the molecule is CC(C)(C)[Si](OCC1CC(=O)C1CO[Si](c1ccccc1)(c1ccccc1)C(C)(C)C)(c1ccccc1)c1ccccc1. The summed E-state index contributed by atoms with van der Waals surface area (Å²) in [7, 11) is -5.42. The molecular formula is C38H46O3Si2. The second-order valence-corrected chi connectivity index (χ2v) is 22.6. The van der Waals surface area contributed by atoms with Crippen LogP contribution < -0.4 is 20.7 Å². The second-order valence-electron chi connectivity index (χ2n) is 14.0. The molecule has 0 heterocycles. The number of Topliss-reactive ketones (excluding diaryl/α,β-unsaturated/α-hetero) is 1. The van der Waals surface area contributed by atoms with Crippen molar-refractivity contribution in [1.82, 2.24) is 0 Å². The lowest BCUT2D eigenvalue weighted by molar-refractivity contribution is -0.137. The number of benzene rings is 4. The van der Waals surface area contributed by atoms with Gasteiger partial charge in [0, 0.05) is 25.6 Å². The van der Waals surface area contributed by atoms with E-state index in [2.05, 4.69) is 163 Å². The van der Waals surface area contributed by atoms with Gasteiger partial charge in [-0.2, -0.15) is 0 Å². The minimum absolute atomic E-state index is 0.107. The second kappa shape index (κ2) is 12.5. The van der Waals surface area contributed by atoms with Crippen LogP contribution >= 0.6 is 0 Å². The highest BCUT2D eigenvalue weighted by Crippen LogP contribution is 2.41. The maximum atomic E-state index is 13.2. The van der Waals surface area contributed by atoms with Crippen molar-refractivity contribution in [3.8, 4) is 0 Å². The van der Waals surface area contributed by atoms with Gasteiger partial charge >= 0.3 is 0 Å². The van der Waals surface area contributed by atoms with Gasteiger partial charge < -0.3 is 8.85 Å². The lowest BCUT2D eigenvalue weighted by atomic mass is 9.73. The standard InChI is InChI=1S/C38H46O3Si2/c1-37(2,3)42(31-19-11-7-12-20-31,32-21-13-8-14-22-32)40-28-30-27-36(39)35(30)29-41-43(38(4,5)6,33-23-15-9-16-24-33)34-25-17-10-18-26-34/h7-26,30,35H,27-29H2,1-6H3. The molecule has 1 aliphatic rings. The van der Waals surface area contributed by atoms with Crippen molar-refractivity contribution in [2.75, 3.05) is 13.2 Å². The molecule has 0 amide bonds. The Morgan fingerprint density at radius 1 is 0.535 bits per heavy atom. The molecule has 43 heavy (non-hydrogen) atoms. The molecule has 1 aliphatic carbocycles. The van der Waals surface area contributed by atoms with Crippen molar-refractivity contribution in [2.45, 2.75) is 58.0 Å². The third kappa shape index (κ3) is 5.88. The molecule has 0 N–H and O–H groups in total.